The van der Waals surface area contributed by atoms with Crippen LogP contribution in [0.5, 0.6) is 0 Å². The van der Waals surface area contributed by atoms with Crippen molar-refractivity contribution in [2.45, 2.75) is 27.2 Å². The summed E-state index contributed by atoms with van der Waals surface area (Å²) in [6, 6.07) is 0. The fourth-order valence-electron chi connectivity index (χ4n) is 0.470. The molecule has 0 atom stereocenters. The van der Waals surface area contributed by atoms with Crippen LogP contribution in [0.4, 0.5) is 0 Å². The van der Waals surface area contributed by atoms with Gasteiger partial charge in [-0.3, -0.25) is 0 Å². The minimum atomic E-state index is -0.174. The smallest absolute Gasteiger partial charge is 0.125 e. The van der Waals surface area contributed by atoms with Crippen molar-refractivity contribution in [3.63, 3.8) is 0 Å². The zero-order valence-electron chi connectivity index (χ0n) is 6.35. The number of aldehydes is 1. The number of hydrogen-bond donors (Lipinski definition) is 0. The Morgan fingerprint density at radius 3 is 2.33 bits per heavy atom. The molecule has 1 nitrogen and oxygen atoms in total. The average Bonchev–Trinajstić information content (AvgIpc) is 1.84. The van der Waals surface area contributed by atoms with Gasteiger partial charge in [-0.2, -0.15) is 0 Å². The molecule has 0 fully saturated rings. The van der Waals surface area contributed by atoms with E-state index in [1.54, 1.807) is 0 Å². The van der Waals surface area contributed by atoms with E-state index in [-0.39, 0.29) is 5.41 Å². The van der Waals surface area contributed by atoms with E-state index in [1.807, 2.05) is 32.9 Å². The number of allylic oxidation sites excluding steroid dienone is 2. The van der Waals surface area contributed by atoms with Gasteiger partial charge in [0.05, 0.1) is 0 Å². The summed E-state index contributed by atoms with van der Waals surface area (Å²) >= 11 is 0. The summed E-state index contributed by atoms with van der Waals surface area (Å²) in [5.74, 6) is 0. The molecular formula is C8H14O. The largest absolute Gasteiger partial charge is 0.303 e. The Kier molecular flexibility index (Phi) is 3.21. The molecule has 0 bridgehead atoms. The summed E-state index contributed by atoms with van der Waals surface area (Å²) in [4.78, 5) is 10.3. The van der Waals surface area contributed by atoms with Crippen LogP contribution in [-0.2, 0) is 4.79 Å². The molecule has 0 aliphatic rings. The predicted octanol–water partition coefficient (Wildman–Crippen LogP) is 2.18. The molecule has 0 N–H and O–H groups in total. The summed E-state index contributed by atoms with van der Waals surface area (Å²) in [6.45, 7) is 5.82. The van der Waals surface area contributed by atoms with Crippen LogP contribution in [-0.4, -0.2) is 6.29 Å². The average molecular weight is 126 g/mol. The number of hydrogen-bond acceptors (Lipinski definition) is 1. The van der Waals surface area contributed by atoms with E-state index in [0.29, 0.717) is 0 Å². The third-order valence-corrected chi connectivity index (χ3v) is 1.20. The van der Waals surface area contributed by atoms with Crippen LogP contribution in [0.1, 0.15) is 27.2 Å². The van der Waals surface area contributed by atoms with Crippen LogP contribution in [0.25, 0.3) is 0 Å². The maximum atomic E-state index is 10.3. The van der Waals surface area contributed by atoms with E-state index < -0.39 is 0 Å². The molecule has 0 amide bonds. The second-order valence-corrected chi connectivity index (χ2v) is 2.88. The molecule has 0 aliphatic heterocycles. The standard InChI is InChI=1S/C8H14O/c1-4-5-6-8(2,3)7-9/h4-5,7H,6H2,1-3H3. The highest BCUT2D eigenvalue weighted by molar-refractivity contribution is 5.58. The zero-order valence-corrected chi connectivity index (χ0v) is 6.35. The van der Waals surface area contributed by atoms with E-state index in [0.717, 1.165) is 12.7 Å². The lowest BCUT2D eigenvalue weighted by Crippen LogP contribution is -2.10. The van der Waals surface area contributed by atoms with Gasteiger partial charge >= 0.3 is 0 Å². The Bertz CT molecular complexity index is 112. The number of rotatable bonds is 3. The van der Waals surface area contributed by atoms with Crippen LogP contribution in [0.15, 0.2) is 12.2 Å². The molecule has 0 aromatic rings. The third kappa shape index (κ3) is 3.95. The minimum Gasteiger partial charge on any atom is -0.303 e. The van der Waals surface area contributed by atoms with E-state index in [1.165, 1.54) is 0 Å². The molecule has 1 heteroatoms. The Balaban J connectivity index is 3.71. The van der Waals surface area contributed by atoms with E-state index in [4.69, 9.17) is 0 Å². The maximum Gasteiger partial charge on any atom is 0.125 e. The first-order valence-corrected chi connectivity index (χ1v) is 3.20. The Morgan fingerprint density at radius 2 is 2.00 bits per heavy atom. The Labute approximate surface area is 56.8 Å². The van der Waals surface area contributed by atoms with Crippen molar-refractivity contribution in [3.05, 3.63) is 12.2 Å². The van der Waals surface area contributed by atoms with Crippen LogP contribution in [0.3, 0.4) is 0 Å². The summed E-state index contributed by atoms with van der Waals surface area (Å²) in [6.07, 6.45) is 5.81. The first-order chi connectivity index (χ1) is 4.12. The molecule has 9 heavy (non-hydrogen) atoms. The SMILES string of the molecule is CC=CCC(C)(C)C=O. The lowest BCUT2D eigenvalue weighted by atomic mass is 9.91. The second kappa shape index (κ2) is 3.44. The van der Waals surface area contributed by atoms with E-state index in [2.05, 4.69) is 0 Å². The number of carbonyl (C=O) groups is 1. The fraction of sp³-hybridized carbons (Fsp3) is 0.625. The number of carbonyl (C=O) groups excluding carboxylic acids is 1. The van der Waals surface area contributed by atoms with Gasteiger partial charge < -0.3 is 4.79 Å². The van der Waals surface area contributed by atoms with Crippen molar-refractivity contribution in [3.8, 4) is 0 Å². The summed E-state index contributed by atoms with van der Waals surface area (Å²) in [7, 11) is 0. The maximum absolute atomic E-state index is 10.3. The summed E-state index contributed by atoms with van der Waals surface area (Å²) < 4.78 is 0. The van der Waals surface area contributed by atoms with Crippen LogP contribution >= 0.6 is 0 Å². The monoisotopic (exact) mass is 126 g/mol. The summed E-state index contributed by atoms with van der Waals surface area (Å²) in [5.41, 5.74) is -0.174. The van der Waals surface area contributed by atoms with Gasteiger partial charge in [-0.05, 0) is 13.3 Å². The molecule has 0 aliphatic carbocycles. The first kappa shape index (κ1) is 8.41. The highest BCUT2D eigenvalue weighted by atomic mass is 16.1. The molecular weight excluding hydrogens is 112 g/mol. The van der Waals surface area contributed by atoms with Crippen molar-refractivity contribution in [1.29, 1.82) is 0 Å². The highest BCUT2D eigenvalue weighted by Gasteiger charge is 2.12. The fourth-order valence-corrected chi connectivity index (χ4v) is 0.470. The van der Waals surface area contributed by atoms with Gasteiger partial charge in [0.25, 0.3) is 0 Å². The molecule has 0 radical (unpaired) electrons. The first-order valence-electron chi connectivity index (χ1n) is 3.20. The van der Waals surface area contributed by atoms with Crippen LogP contribution < -0.4 is 0 Å². The molecule has 0 unspecified atom stereocenters. The minimum absolute atomic E-state index is 0.174. The van der Waals surface area contributed by atoms with Crippen LogP contribution in [0, 0.1) is 5.41 Å². The molecule has 0 heterocycles. The normalized spacial score (nSPS) is 12.3. The van der Waals surface area contributed by atoms with E-state index >= 15 is 0 Å². The molecule has 0 aromatic carbocycles. The molecule has 0 saturated carbocycles. The molecule has 0 saturated heterocycles. The van der Waals surface area contributed by atoms with Crippen molar-refractivity contribution < 1.29 is 4.79 Å². The van der Waals surface area contributed by atoms with Crippen LogP contribution in [0.2, 0.25) is 0 Å². The molecule has 0 rings (SSSR count). The topological polar surface area (TPSA) is 17.1 Å². The van der Waals surface area contributed by atoms with Gasteiger partial charge in [-0.25, -0.2) is 0 Å². The van der Waals surface area contributed by atoms with Crippen molar-refractivity contribution in [2.75, 3.05) is 0 Å². The Hall–Kier alpha value is -0.590. The van der Waals surface area contributed by atoms with E-state index in [9.17, 15) is 4.79 Å². The highest BCUT2D eigenvalue weighted by Crippen LogP contribution is 2.16. The van der Waals surface area contributed by atoms with Crippen molar-refractivity contribution >= 4 is 6.29 Å². The van der Waals surface area contributed by atoms with Gasteiger partial charge in [0.1, 0.15) is 6.29 Å². The lowest BCUT2D eigenvalue weighted by Gasteiger charge is -2.12. The molecule has 0 aromatic heterocycles. The van der Waals surface area contributed by atoms with Gasteiger partial charge in [-0.15, -0.1) is 0 Å². The second-order valence-electron chi connectivity index (χ2n) is 2.88. The third-order valence-electron chi connectivity index (χ3n) is 1.20. The quantitative estimate of drug-likeness (QED) is 0.418. The van der Waals surface area contributed by atoms with Crippen molar-refractivity contribution in [2.24, 2.45) is 5.41 Å². The van der Waals surface area contributed by atoms with Gasteiger partial charge in [0.15, 0.2) is 0 Å². The molecule has 0 spiro atoms. The Morgan fingerprint density at radius 1 is 1.44 bits per heavy atom. The molecule has 52 valence electrons. The van der Waals surface area contributed by atoms with Crippen molar-refractivity contribution in [1.82, 2.24) is 0 Å². The lowest BCUT2D eigenvalue weighted by molar-refractivity contribution is -0.114. The zero-order chi connectivity index (χ0) is 7.33. The predicted molar refractivity (Wildman–Crippen MR) is 39.3 cm³/mol. The van der Waals surface area contributed by atoms with Gasteiger partial charge in [-0.1, -0.05) is 26.0 Å². The summed E-state index contributed by atoms with van der Waals surface area (Å²) in [5, 5.41) is 0. The van der Waals surface area contributed by atoms with Gasteiger partial charge in [0.2, 0.25) is 0 Å². The van der Waals surface area contributed by atoms with Gasteiger partial charge in [0, 0.05) is 5.41 Å².